The Hall–Kier alpha value is -2.24. The molecule has 6 nitrogen and oxygen atoms in total. The highest BCUT2D eigenvalue weighted by atomic mass is 16.6. The van der Waals surface area contributed by atoms with Gasteiger partial charge in [-0.3, -0.25) is 14.9 Å². The predicted octanol–water partition coefficient (Wildman–Crippen LogP) is 2.36. The lowest BCUT2D eigenvalue weighted by molar-refractivity contribution is -0.384. The minimum absolute atomic E-state index is 0.0575. The van der Waals surface area contributed by atoms with E-state index in [1.54, 1.807) is 13.8 Å². The van der Waals surface area contributed by atoms with Gasteiger partial charge in [0.05, 0.1) is 17.1 Å². The van der Waals surface area contributed by atoms with E-state index < -0.39 is 10.9 Å². The zero-order chi connectivity index (χ0) is 13.7. The molecule has 1 aromatic carbocycles. The molecule has 0 saturated heterocycles. The lowest BCUT2D eigenvalue weighted by Gasteiger charge is -2.07. The van der Waals surface area contributed by atoms with Gasteiger partial charge in [0.2, 0.25) is 0 Å². The number of hydrogen-bond donors (Lipinski definition) is 0. The molecule has 6 heteroatoms. The number of carbonyl (C=O) groups excluding carboxylic acids is 2. The van der Waals surface area contributed by atoms with E-state index in [-0.39, 0.29) is 35.6 Å². The van der Waals surface area contributed by atoms with Gasteiger partial charge in [0.25, 0.3) is 5.69 Å². The summed E-state index contributed by atoms with van der Waals surface area (Å²) in [6, 6.07) is 3.56. The summed E-state index contributed by atoms with van der Waals surface area (Å²) in [4.78, 5) is 33.3. The molecule has 0 heterocycles. The van der Waals surface area contributed by atoms with Crippen LogP contribution in [0.2, 0.25) is 0 Å². The van der Waals surface area contributed by atoms with Crippen molar-refractivity contribution < 1.29 is 19.2 Å². The van der Waals surface area contributed by atoms with Crippen molar-refractivity contribution >= 4 is 17.4 Å². The van der Waals surface area contributed by atoms with Crippen LogP contribution in [0, 0.1) is 10.1 Å². The molecule has 18 heavy (non-hydrogen) atoms. The number of benzene rings is 1. The van der Waals surface area contributed by atoms with Gasteiger partial charge in [0, 0.05) is 24.1 Å². The zero-order valence-corrected chi connectivity index (χ0v) is 10.1. The van der Waals surface area contributed by atoms with Crippen molar-refractivity contribution in [3.63, 3.8) is 0 Å². The van der Waals surface area contributed by atoms with E-state index in [1.165, 1.54) is 12.1 Å². The molecule has 0 saturated carbocycles. The third-order valence-corrected chi connectivity index (χ3v) is 2.33. The fourth-order valence-electron chi connectivity index (χ4n) is 1.46. The van der Waals surface area contributed by atoms with Crippen LogP contribution in [0.4, 0.5) is 5.69 Å². The summed E-state index contributed by atoms with van der Waals surface area (Å²) in [6.45, 7) is 3.41. The maximum atomic E-state index is 11.7. The van der Waals surface area contributed by atoms with Crippen LogP contribution in [-0.2, 0) is 4.74 Å². The Bertz CT molecular complexity index is 495. The molecule has 0 aliphatic heterocycles. The lowest BCUT2D eigenvalue weighted by atomic mass is 10.0. The molecule has 0 spiro atoms. The molecule has 96 valence electrons. The van der Waals surface area contributed by atoms with Crippen molar-refractivity contribution in [1.29, 1.82) is 0 Å². The van der Waals surface area contributed by atoms with Crippen LogP contribution >= 0.6 is 0 Å². The van der Waals surface area contributed by atoms with Gasteiger partial charge < -0.3 is 4.74 Å². The predicted molar refractivity (Wildman–Crippen MR) is 63.7 cm³/mol. The topological polar surface area (TPSA) is 86.5 Å². The maximum Gasteiger partial charge on any atom is 0.339 e. The van der Waals surface area contributed by atoms with Gasteiger partial charge >= 0.3 is 5.97 Å². The lowest BCUT2D eigenvalue weighted by Crippen LogP contribution is -2.12. The molecule has 0 aliphatic carbocycles. The van der Waals surface area contributed by atoms with Crippen LogP contribution in [0.3, 0.4) is 0 Å². The third-order valence-electron chi connectivity index (χ3n) is 2.33. The Kier molecular flexibility index (Phi) is 4.53. The summed E-state index contributed by atoms with van der Waals surface area (Å²) in [6.07, 6.45) is 0.213. The largest absolute Gasteiger partial charge is 0.462 e. The van der Waals surface area contributed by atoms with Crippen LogP contribution in [0.5, 0.6) is 0 Å². The van der Waals surface area contributed by atoms with E-state index in [0.29, 0.717) is 0 Å². The number of nitrogens with zero attached hydrogens (tertiary/aromatic N) is 1. The van der Waals surface area contributed by atoms with E-state index in [2.05, 4.69) is 0 Å². The first-order valence-electron chi connectivity index (χ1n) is 5.50. The van der Waals surface area contributed by atoms with Crippen molar-refractivity contribution in [1.82, 2.24) is 0 Å². The van der Waals surface area contributed by atoms with Crippen molar-refractivity contribution in [3.05, 3.63) is 39.4 Å². The fourth-order valence-corrected chi connectivity index (χ4v) is 1.46. The van der Waals surface area contributed by atoms with Crippen molar-refractivity contribution in [3.8, 4) is 0 Å². The Morgan fingerprint density at radius 1 is 1.28 bits per heavy atom. The minimum atomic E-state index is -0.724. The number of Topliss-reactive ketones (excluding diaryl/α,β-unsaturated/α-hetero) is 1. The smallest absolute Gasteiger partial charge is 0.339 e. The molecule has 0 atom stereocenters. The number of nitro benzene ring substituents is 1. The molecule has 0 aromatic heterocycles. The molecule has 0 bridgehead atoms. The van der Waals surface area contributed by atoms with Crippen LogP contribution in [0.25, 0.3) is 0 Å². The molecule has 0 aliphatic rings. The van der Waals surface area contributed by atoms with Crippen LogP contribution in [-0.4, -0.2) is 23.3 Å². The van der Waals surface area contributed by atoms with E-state index >= 15 is 0 Å². The van der Waals surface area contributed by atoms with Gasteiger partial charge in [0.1, 0.15) is 0 Å². The normalized spacial score (nSPS) is 9.89. The molecule has 0 amide bonds. The number of esters is 1. The van der Waals surface area contributed by atoms with Gasteiger partial charge in [-0.05, 0) is 13.0 Å². The SMILES string of the molecule is CCOC(=O)c1cc([N+](=O)[O-])ccc1C(=O)CC. The Morgan fingerprint density at radius 3 is 2.44 bits per heavy atom. The number of nitro groups is 1. The van der Waals surface area contributed by atoms with Crippen LogP contribution in [0.1, 0.15) is 41.0 Å². The second-order valence-corrected chi connectivity index (χ2v) is 3.48. The summed E-state index contributed by atoms with van der Waals surface area (Å²) in [5, 5.41) is 10.7. The fraction of sp³-hybridized carbons (Fsp3) is 0.333. The van der Waals surface area contributed by atoms with Crippen LogP contribution < -0.4 is 0 Å². The summed E-state index contributed by atoms with van der Waals surface area (Å²) in [5.74, 6) is -0.981. The molecule has 0 unspecified atom stereocenters. The van der Waals surface area contributed by atoms with Crippen LogP contribution in [0.15, 0.2) is 18.2 Å². The number of hydrogen-bond acceptors (Lipinski definition) is 5. The van der Waals surface area contributed by atoms with Gasteiger partial charge in [-0.15, -0.1) is 0 Å². The van der Waals surface area contributed by atoms with E-state index in [9.17, 15) is 19.7 Å². The summed E-state index contributed by atoms with van der Waals surface area (Å²) >= 11 is 0. The second-order valence-electron chi connectivity index (χ2n) is 3.48. The Labute approximate surface area is 104 Å². The zero-order valence-electron chi connectivity index (χ0n) is 10.1. The number of non-ortho nitro benzene ring substituents is 1. The number of ketones is 1. The average Bonchev–Trinajstić information content (AvgIpc) is 2.37. The maximum absolute atomic E-state index is 11.7. The first kappa shape index (κ1) is 13.8. The van der Waals surface area contributed by atoms with Gasteiger partial charge in [0.15, 0.2) is 5.78 Å². The quantitative estimate of drug-likeness (QED) is 0.347. The van der Waals surface area contributed by atoms with Gasteiger partial charge in [-0.2, -0.15) is 0 Å². The number of rotatable bonds is 5. The first-order valence-corrected chi connectivity index (χ1v) is 5.50. The molecule has 0 N–H and O–H groups in total. The Morgan fingerprint density at radius 2 is 1.94 bits per heavy atom. The molecule has 0 fully saturated rings. The second kappa shape index (κ2) is 5.90. The van der Waals surface area contributed by atoms with Crippen molar-refractivity contribution in [2.24, 2.45) is 0 Å². The van der Waals surface area contributed by atoms with Crippen molar-refractivity contribution in [2.75, 3.05) is 6.61 Å². The first-order chi connectivity index (χ1) is 8.51. The molecule has 1 aromatic rings. The Balaban J connectivity index is 3.30. The van der Waals surface area contributed by atoms with Crippen molar-refractivity contribution in [2.45, 2.75) is 20.3 Å². The molecule has 0 radical (unpaired) electrons. The van der Waals surface area contributed by atoms with E-state index in [0.717, 1.165) is 6.07 Å². The van der Waals surface area contributed by atoms with Gasteiger partial charge in [-0.25, -0.2) is 4.79 Å². The highest BCUT2D eigenvalue weighted by Crippen LogP contribution is 2.20. The highest BCUT2D eigenvalue weighted by molar-refractivity contribution is 6.06. The van der Waals surface area contributed by atoms with Gasteiger partial charge in [-0.1, -0.05) is 6.92 Å². The summed E-state index contributed by atoms with van der Waals surface area (Å²) in [7, 11) is 0. The third kappa shape index (κ3) is 2.91. The number of ether oxygens (including phenoxy) is 1. The van der Waals surface area contributed by atoms with E-state index in [4.69, 9.17) is 4.74 Å². The summed E-state index contributed by atoms with van der Waals surface area (Å²) in [5.41, 5.74) is -0.148. The minimum Gasteiger partial charge on any atom is -0.462 e. The summed E-state index contributed by atoms with van der Waals surface area (Å²) < 4.78 is 4.78. The molecule has 1 rings (SSSR count). The molecular formula is C12H13NO5. The molecular weight excluding hydrogens is 238 g/mol. The highest BCUT2D eigenvalue weighted by Gasteiger charge is 2.20. The monoisotopic (exact) mass is 251 g/mol. The average molecular weight is 251 g/mol. The van der Waals surface area contributed by atoms with E-state index in [1.807, 2.05) is 0 Å². The standard InChI is InChI=1S/C12H13NO5/c1-3-11(14)9-6-5-8(13(16)17)7-10(9)12(15)18-4-2/h5-7H,3-4H2,1-2H3. The number of carbonyl (C=O) groups is 2.